The molecule has 7 nitrogen and oxygen atoms in total. The highest BCUT2D eigenvalue weighted by Gasteiger charge is 2.42. The van der Waals surface area contributed by atoms with Crippen molar-refractivity contribution in [3.63, 3.8) is 0 Å². The molecule has 1 aliphatic carbocycles. The smallest absolute Gasteiger partial charge is 0.318 e. The summed E-state index contributed by atoms with van der Waals surface area (Å²) in [6, 6.07) is 9.37. The van der Waals surface area contributed by atoms with Crippen molar-refractivity contribution in [1.29, 1.82) is 0 Å². The quantitative estimate of drug-likeness (QED) is 0.746. The summed E-state index contributed by atoms with van der Waals surface area (Å²) in [6.07, 6.45) is 1.33. The highest BCUT2D eigenvalue weighted by molar-refractivity contribution is 5.85. The van der Waals surface area contributed by atoms with Gasteiger partial charge in [-0.05, 0) is 31.2 Å². The summed E-state index contributed by atoms with van der Waals surface area (Å²) in [4.78, 5) is 38.4. The van der Waals surface area contributed by atoms with Gasteiger partial charge in [-0.1, -0.05) is 30.3 Å². The summed E-state index contributed by atoms with van der Waals surface area (Å²) in [5.74, 6) is -0.118. The van der Waals surface area contributed by atoms with Crippen LogP contribution in [0.4, 0.5) is 4.79 Å². The molecular weight excluding hydrogens is 332 g/mol. The second-order valence-electron chi connectivity index (χ2n) is 7.02. The summed E-state index contributed by atoms with van der Waals surface area (Å²) < 4.78 is 0. The number of carbonyl (C=O) groups is 3. The molecule has 0 aromatic heterocycles. The molecule has 1 aromatic rings. The van der Waals surface area contributed by atoms with Crippen molar-refractivity contribution >= 4 is 17.8 Å². The lowest BCUT2D eigenvalue weighted by molar-refractivity contribution is -0.125. The first-order valence-corrected chi connectivity index (χ1v) is 9.20. The van der Waals surface area contributed by atoms with Gasteiger partial charge in [0.05, 0.1) is 0 Å². The number of carbonyl (C=O) groups excluding carboxylic acids is 3. The van der Waals surface area contributed by atoms with Gasteiger partial charge < -0.3 is 20.9 Å². The number of urea groups is 1. The molecule has 1 aliphatic heterocycles. The lowest BCUT2D eigenvalue weighted by Gasteiger charge is -2.23. The zero-order chi connectivity index (χ0) is 18.5. The van der Waals surface area contributed by atoms with Crippen LogP contribution in [0.5, 0.6) is 0 Å². The summed E-state index contributed by atoms with van der Waals surface area (Å²) in [5.41, 5.74) is 1.01. The van der Waals surface area contributed by atoms with Crippen molar-refractivity contribution in [2.45, 2.75) is 32.4 Å². The molecule has 1 aromatic carbocycles. The summed E-state index contributed by atoms with van der Waals surface area (Å²) in [5, 5.41) is 8.72. The van der Waals surface area contributed by atoms with E-state index in [1.165, 1.54) is 0 Å². The van der Waals surface area contributed by atoms with Gasteiger partial charge in [0.2, 0.25) is 11.8 Å². The number of rotatable bonds is 4. The average Bonchev–Trinajstić information content (AvgIpc) is 2.95. The highest BCUT2D eigenvalue weighted by Crippen LogP contribution is 2.33. The van der Waals surface area contributed by atoms with Crippen molar-refractivity contribution in [2.24, 2.45) is 11.8 Å². The molecular formula is C19H26N4O3. The SMILES string of the molecule is CCNC(=O)[C@H]1C[C@@H]2CN(C(=O)NCc3ccccc3)CC(=O)N[C@@H]2C1. The maximum atomic E-state index is 12.5. The third-order valence-electron chi connectivity index (χ3n) is 5.13. The number of hydrogen-bond donors (Lipinski definition) is 3. The third kappa shape index (κ3) is 4.33. The minimum Gasteiger partial charge on any atom is -0.356 e. The normalized spacial score (nSPS) is 25.0. The topological polar surface area (TPSA) is 90.5 Å². The zero-order valence-electron chi connectivity index (χ0n) is 15.0. The Balaban J connectivity index is 1.60. The highest BCUT2D eigenvalue weighted by atomic mass is 16.2. The van der Waals surface area contributed by atoms with Gasteiger partial charge in [0.25, 0.3) is 0 Å². The molecule has 1 saturated heterocycles. The number of hydrogen-bond acceptors (Lipinski definition) is 3. The van der Waals surface area contributed by atoms with Crippen molar-refractivity contribution in [3.8, 4) is 0 Å². The molecule has 140 valence electrons. The van der Waals surface area contributed by atoms with Gasteiger partial charge in [-0.2, -0.15) is 0 Å². The van der Waals surface area contributed by atoms with Gasteiger partial charge >= 0.3 is 6.03 Å². The van der Waals surface area contributed by atoms with Gasteiger partial charge in [-0.3, -0.25) is 9.59 Å². The molecule has 0 spiro atoms. The van der Waals surface area contributed by atoms with Crippen LogP contribution in [0.2, 0.25) is 0 Å². The van der Waals surface area contributed by atoms with E-state index in [1.54, 1.807) is 4.90 Å². The van der Waals surface area contributed by atoms with E-state index in [-0.39, 0.29) is 42.3 Å². The van der Waals surface area contributed by atoms with E-state index in [0.717, 1.165) is 5.56 Å². The van der Waals surface area contributed by atoms with Gasteiger partial charge in [0.15, 0.2) is 0 Å². The molecule has 1 heterocycles. The first kappa shape index (κ1) is 18.2. The molecule has 0 bridgehead atoms. The number of nitrogens with zero attached hydrogens (tertiary/aromatic N) is 1. The Labute approximate surface area is 153 Å². The van der Waals surface area contributed by atoms with Crippen LogP contribution < -0.4 is 16.0 Å². The second kappa shape index (κ2) is 8.21. The zero-order valence-corrected chi connectivity index (χ0v) is 15.0. The third-order valence-corrected chi connectivity index (χ3v) is 5.13. The molecule has 3 rings (SSSR count). The van der Waals surface area contributed by atoms with Crippen molar-refractivity contribution in [3.05, 3.63) is 35.9 Å². The Bertz CT molecular complexity index is 664. The summed E-state index contributed by atoms with van der Waals surface area (Å²) in [7, 11) is 0. The van der Waals surface area contributed by atoms with E-state index in [1.807, 2.05) is 37.3 Å². The van der Waals surface area contributed by atoms with E-state index in [9.17, 15) is 14.4 Å². The van der Waals surface area contributed by atoms with Crippen LogP contribution in [0.1, 0.15) is 25.3 Å². The minimum atomic E-state index is -0.244. The fourth-order valence-corrected chi connectivity index (χ4v) is 3.85. The lowest BCUT2D eigenvalue weighted by atomic mass is 10.0. The predicted octanol–water partition coefficient (Wildman–Crippen LogP) is 0.859. The maximum absolute atomic E-state index is 12.5. The fraction of sp³-hybridized carbons (Fsp3) is 0.526. The Kier molecular flexibility index (Phi) is 5.75. The molecule has 0 unspecified atom stereocenters. The van der Waals surface area contributed by atoms with Crippen molar-refractivity contribution < 1.29 is 14.4 Å². The molecule has 0 radical (unpaired) electrons. The molecule has 4 amide bonds. The van der Waals surface area contributed by atoms with E-state index in [4.69, 9.17) is 0 Å². The first-order valence-electron chi connectivity index (χ1n) is 9.20. The lowest BCUT2D eigenvalue weighted by Crippen LogP contribution is -2.44. The fourth-order valence-electron chi connectivity index (χ4n) is 3.85. The van der Waals surface area contributed by atoms with Crippen LogP contribution in [0.25, 0.3) is 0 Å². The maximum Gasteiger partial charge on any atom is 0.318 e. The first-order chi connectivity index (χ1) is 12.6. The number of fused-ring (bicyclic) bond motifs is 1. The van der Waals surface area contributed by atoms with Crippen molar-refractivity contribution in [2.75, 3.05) is 19.6 Å². The van der Waals surface area contributed by atoms with Crippen LogP contribution in [-0.4, -0.2) is 48.4 Å². The Morgan fingerprint density at radius 3 is 2.69 bits per heavy atom. The summed E-state index contributed by atoms with van der Waals surface area (Å²) in [6.45, 7) is 3.46. The van der Waals surface area contributed by atoms with Crippen LogP contribution in [0.3, 0.4) is 0 Å². The minimum absolute atomic E-state index is 0.0369. The van der Waals surface area contributed by atoms with E-state index >= 15 is 0 Å². The molecule has 3 N–H and O–H groups in total. The molecule has 1 saturated carbocycles. The van der Waals surface area contributed by atoms with E-state index in [2.05, 4.69) is 16.0 Å². The van der Waals surface area contributed by atoms with Gasteiger partial charge in [-0.15, -0.1) is 0 Å². The molecule has 2 aliphatic rings. The van der Waals surface area contributed by atoms with E-state index < -0.39 is 0 Å². The second-order valence-corrected chi connectivity index (χ2v) is 7.02. The largest absolute Gasteiger partial charge is 0.356 e. The van der Waals surface area contributed by atoms with E-state index in [0.29, 0.717) is 32.5 Å². The van der Waals surface area contributed by atoms with Crippen LogP contribution in [-0.2, 0) is 16.1 Å². The molecule has 3 atom stereocenters. The summed E-state index contributed by atoms with van der Waals surface area (Å²) >= 11 is 0. The Morgan fingerprint density at radius 2 is 1.96 bits per heavy atom. The molecule has 26 heavy (non-hydrogen) atoms. The number of nitrogens with one attached hydrogen (secondary N) is 3. The van der Waals surface area contributed by atoms with Crippen LogP contribution in [0.15, 0.2) is 30.3 Å². The van der Waals surface area contributed by atoms with Crippen LogP contribution >= 0.6 is 0 Å². The number of amides is 4. The van der Waals surface area contributed by atoms with Gasteiger partial charge in [-0.25, -0.2) is 4.79 Å². The Hall–Kier alpha value is -2.57. The van der Waals surface area contributed by atoms with Crippen LogP contribution in [0, 0.1) is 11.8 Å². The average molecular weight is 358 g/mol. The van der Waals surface area contributed by atoms with Crippen molar-refractivity contribution in [1.82, 2.24) is 20.9 Å². The molecule has 7 heteroatoms. The standard InChI is InChI=1S/C19H26N4O3/c1-2-20-18(25)14-8-15-11-23(12-17(24)22-16(15)9-14)19(26)21-10-13-6-4-3-5-7-13/h3-7,14-16H,2,8-12H2,1H3,(H,20,25)(H,21,26)(H,22,24)/t14-,15+,16+/m0/s1. The Morgan fingerprint density at radius 1 is 1.19 bits per heavy atom. The van der Waals surface area contributed by atoms with Gasteiger partial charge in [0, 0.05) is 31.6 Å². The molecule has 2 fully saturated rings. The predicted molar refractivity (Wildman–Crippen MR) is 97.1 cm³/mol. The number of benzene rings is 1. The van der Waals surface area contributed by atoms with Gasteiger partial charge in [0.1, 0.15) is 6.54 Å². The monoisotopic (exact) mass is 358 g/mol.